The van der Waals surface area contributed by atoms with Gasteiger partial charge in [-0.05, 0) is 40.0 Å². The van der Waals surface area contributed by atoms with E-state index in [1.807, 2.05) is 20.8 Å². The molecule has 0 heterocycles. The molecule has 0 aliphatic heterocycles. The number of rotatable bonds is 13. The molecule has 0 bridgehead atoms. The Morgan fingerprint density at radius 2 is 1.64 bits per heavy atom. The molecular weight excluding hydrogens is 278 g/mol. The number of carboxylic acid groups (broad SMARTS) is 1. The average molecular weight is 311 g/mol. The number of unbranched alkanes of at least 4 members (excludes halogenated alkanes) is 5. The molecule has 1 amide bonds. The second-order valence-corrected chi connectivity index (χ2v) is 5.72. The van der Waals surface area contributed by atoms with Crippen molar-refractivity contribution >= 4 is 11.9 Å². The molecule has 4 nitrogen and oxygen atoms in total. The first kappa shape index (κ1) is 20.7. The molecule has 1 unspecified atom stereocenters. The van der Waals surface area contributed by atoms with Crippen molar-refractivity contribution in [2.24, 2.45) is 5.92 Å². The number of nitrogens with zero attached hydrogens (tertiary/aromatic N) is 1. The number of aliphatic carboxylic acids is 1. The van der Waals surface area contributed by atoms with Gasteiger partial charge in [0.25, 0.3) is 0 Å². The Labute approximate surface area is 135 Å². The predicted molar refractivity (Wildman–Crippen MR) is 90.8 cm³/mol. The van der Waals surface area contributed by atoms with E-state index in [1.54, 1.807) is 4.90 Å². The highest BCUT2D eigenvalue weighted by molar-refractivity contribution is 5.83. The third kappa shape index (κ3) is 9.59. The number of carbonyl (C=O) groups excluding carboxylic acids is 1. The number of hydrogen-bond acceptors (Lipinski definition) is 2. The highest BCUT2D eigenvalue weighted by Crippen LogP contribution is 2.18. The molecule has 0 aliphatic rings. The van der Waals surface area contributed by atoms with E-state index in [2.05, 4.69) is 12.2 Å². The predicted octanol–water partition coefficient (Wildman–Crippen LogP) is 4.25. The summed E-state index contributed by atoms with van der Waals surface area (Å²) in [6, 6.07) is 0. The lowest BCUT2D eigenvalue weighted by atomic mass is 9.95. The van der Waals surface area contributed by atoms with Crippen LogP contribution in [0.1, 0.15) is 72.1 Å². The highest BCUT2D eigenvalue weighted by atomic mass is 16.4. The summed E-state index contributed by atoms with van der Waals surface area (Å²) in [6.07, 6.45) is 11.6. The van der Waals surface area contributed by atoms with Crippen molar-refractivity contribution in [1.82, 2.24) is 4.90 Å². The summed E-state index contributed by atoms with van der Waals surface area (Å²) in [7, 11) is 0. The summed E-state index contributed by atoms with van der Waals surface area (Å²) in [5.74, 6) is -1.24. The summed E-state index contributed by atoms with van der Waals surface area (Å²) >= 11 is 0. The highest BCUT2D eigenvalue weighted by Gasteiger charge is 2.24. The average Bonchev–Trinajstić information content (AvgIpc) is 2.49. The van der Waals surface area contributed by atoms with Crippen LogP contribution in [0.4, 0.5) is 0 Å². The molecule has 0 aromatic heterocycles. The van der Waals surface area contributed by atoms with E-state index >= 15 is 0 Å². The van der Waals surface area contributed by atoms with Crippen LogP contribution in [-0.2, 0) is 9.59 Å². The molecule has 0 aromatic rings. The maximum absolute atomic E-state index is 12.3. The van der Waals surface area contributed by atoms with Gasteiger partial charge < -0.3 is 10.0 Å². The molecule has 0 saturated carbocycles. The molecule has 1 N–H and O–H groups in total. The number of hydrogen-bond donors (Lipinski definition) is 1. The number of carboxylic acids is 1. The molecule has 0 aromatic carbocycles. The fourth-order valence-corrected chi connectivity index (χ4v) is 2.67. The van der Waals surface area contributed by atoms with Crippen molar-refractivity contribution in [3.05, 3.63) is 12.2 Å². The van der Waals surface area contributed by atoms with Crippen molar-refractivity contribution in [2.75, 3.05) is 13.1 Å². The SMILES string of the molecule is C/C=C/CCCCCCCC(CC(=O)O)C(=O)N(CC)CC. The van der Waals surface area contributed by atoms with Gasteiger partial charge in [0, 0.05) is 19.0 Å². The zero-order chi connectivity index (χ0) is 16.8. The molecule has 4 heteroatoms. The molecule has 0 rings (SSSR count). The fourth-order valence-electron chi connectivity index (χ4n) is 2.67. The van der Waals surface area contributed by atoms with Gasteiger partial charge in [0.05, 0.1) is 6.42 Å². The molecule has 0 radical (unpaired) electrons. The molecule has 0 spiro atoms. The summed E-state index contributed by atoms with van der Waals surface area (Å²) < 4.78 is 0. The van der Waals surface area contributed by atoms with Crippen LogP contribution in [-0.4, -0.2) is 35.0 Å². The van der Waals surface area contributed by atoms with Crippen LogP contribution in [0.25, 0.3) is 0 Å². The Morgan fingerprint density at radius 1 is 1.05 bits per heavy atom. The first-order valence-corrected chi connectivity index (χ1v) is 8.68. The number of allylic oxidation sites excluding steroid dienone is 2. The van der Waals surface area contributed by atoms with Crippen LogP contribution in [0.5, 0.6) is 0 Å². The van der Waals surface area contributed by atoms with Crippen LogP contribution in [0.3, 0.4) is 0 Å². The van der Waals surface area contributed by atoms with E-state index in [0.717, 1.165) is 25.7 Å². The lowest BCUT2D eigenvalue weighted by Gasteiger charge is -2.24. The van der Waals surface area contributed by atoms with Crippen molar-refractivity contribution < 1.29 is 14.7 Å². The van der Waals surface area contributed by atoms with E-state index in [9.17, 15) is 9.59 Å². The first-order valence-electron chi connectivity index (χ1n) is 8.68. The van der Waals surface area contributed by atoms with Crippen LogP contribution in [0.2, 0.25) is 0 Å². The summed E-state index contributed by atoms with van der Waals surface area (Å²) in [5.41, 5.74) is 0. The largest absolute Gasteiger partial charge is 0.481 e. The minimum Gasteiger partial charge on any atom is -0.481 e. The molecule has 1 atom stereocenters. The first-order chi connectivity index (χ1) is 10.6. The maximum atomic E-state index is 12.3. The molecule has 0 saturated heterocycles. The Kier molecular flexibility index (Phi) is 12.5. The van der Waals surface area contributed by atoms with E-state index in [1.165, 1.54) is 12.8 Å². The molecular formula is C18H33NO3. The number of carbonyl (C=O) groups is 2. The fraction of sp³-hybridized carbons (Fsp3) is 0.778. The second kappa shape index (κ2) is 13.4. The van der Waals surface area contributed by atoms with Gasteiger partial charge in [-0.15, -0.1) is 0 Å². The lowest BCUT2D eigenvalue weighted by molar-refractivity contribution is -0.144. The van der Waals surface area contributed by atoms with Gasteiger partial charge in [-0.2, -0.15) is 0 Å². The van der Waals surface area contributed by atoms with Gasteiger partial charge in [-0.3, -0.25) is 9.59 Å². The minimum atomic E-state index is -0.878. The van der Waals surface area contributed by atoms with Gasteiger partial charge in [-0.25, -0.2) is 0 Å². The van der Waals surface area contributed by atoms with Crippen molar-refractivity contribution in [3.8, 4) is 0 Å². The molecule has 22 heavy (non-hydrogen) atoms. The summed E-state index contributed by atoms with van der Waals surface area (Å²) in [6.45, 7) is 7.20. The Bertz CT molecular complexity index is 335. The number of amides is 1. The van der Waals surface area contributed by atoms with Crippen LogP contribution >= 0.6 is 0 Å². The van der Waals surface area contributed by atoms with Crippen molar-refractivity contribution in [1.29, 1.82) is 0 Å². The van der Waals surface area contributed by atoms with Gasteiger partial charge >= 0.3 is 5.97 Å². The van der Waals surface area contributed by atoms with E-state index in [4.69, 9.17) is 5.11 Å². The minimum absolute atomic E-state index is 0.000447. The van der Waals surface area contributed by atoms with Gasteiger partial charge in [-0.1, -0.05) is 37.8 Å². The second-order valence-electron chi connectivity index (χ2n) is 5.72. The van der Waals surface area contributed by atoms with Crippen LogP contribution in [0, 0.1) is 5.92 Å². The summed E-state index contributed by atoms with van der Waals surface area (Å²) in [5, 5.41) is 9.01. The smallest absolute Gasteiger partial charge is 0.304 e. The van der Waals surface area contributed by atoms with Crippen LogP contribution < -0.4 is 0 Å². The standard InChI is InChI=1S/C18H33NO3/c1-4-7-8-9-10-11-12-13-14-16(15-17(20)21)18(22)19(5-2)6-3/h4,7,16H,5-6,8-15H2,1-3H3,(H,20,21)/b7-4+. The van der Waals surface area contributed by atoms with Gasteiger partial charge in [0.15, 0.2) is 0 Å². The third-order valence-electron chi connectivity index (χ3n) is 4.00. The zero-order valence-corrected chi connectivity index (χ0v) is 14.5. The monoisotopic (exact) mass is 311 g/mol. The lowest BCUT2D eigenvalue weighted by Crippen LogP contribution is -2.36. The molecule has 0 fully saturated rings. The third-order valence-corrected chi connectivity index (χ3v) is 4.00. The maximum Gasteiger partial charge on any atom is 0.304 e. The Hall–Kier alpha value is -1.32. The van der Waals surface area contributed by atoms with E-state index in [-0.39, 0.29) is 18.2 Å². The Balaban J connectivity index is 4.10. The normalized spacial score (nSPS) is 12.5. The molecule has 0 aliphatic carbocycles. The topological polar surface area (TPSA) is 57.6 Å². The summed E-state index contributed by atoms with van der Waals surface area (Å²) in [4.78, 5) is 25.0. The Morgan fingerprint density at radius 3 is 2.18 bits per heavy atom. The quantitative estimate of drug-likeness (QED) is 0.408. The zero-order valence-electron chi connectivity index (χ0n) is 14.5. The van der Waals surface area contributed by atoms with Crippen molar-refractivity contribution in [2.45, 2.75) is 72.1 Å². The van der Waals surface area contributed by atoms with Gasteiger partial charge in [0.1, 0.15) is 0 Å². The molecule has 128 valence electrons. The van der Waals surface area contributed by atoms with Crippen LogP contribution in [0.15, 0.2) is 12.2 Å². The van der Waals surface area contributed by atoms with Crippen molar-refractivity contribution in [3.63, 3.8) is 0 Å². The van der Waals surface area contributed by atoms with Gasteiger partial charge in [0.2, 0.25) is 5.91 Å². The van der Waals surface area contributed by atoms with E-state index < -0.39 is 5.97 Å². The van der Waals surface area contributed by atoms with E-state index in [0.29, 0.717) is 19.5 Å².